The average molecular weight is 629 g/mol. The van der Waals surface area contributed by atoms with Crippen molar-refractivity contribution < 1.29 is 51.0 Å². The fourth-order valence-electron chi connectivity index (χ4n) is 4.76. The van der Waals surface area contributed by atoms with Crippen molar-refractivity contribution in [2.24, 2.45) is 0 Å². The third-order valence-corrected chi connectivity index (χ3v) is 8.89. The molecule has 0 aliphatic heterocycles. The molecular weight excluding hydrogens is 571 g/mol. The van der Waals surface area contributed by atoms with E-state index in [9.17, 15) is 0 Å². The Hall–Kier alpha value is 0.163. The molecule has 37 heavy (non-hydrogen) atoms. The first-order valence-corrected chi connectivity index (χ1v) is 14.7. The molecule has 6 unspecified atom stereocenters. The maximum atomic E-state index is 2.48. The van der Waals surface area contributed by atoms with Crippen molar-refractivity contribution in [3.8, 4) is 0 Å². The summed E-state index contributed by atoms with van der Waals surface area (Å²) in [4.78, 5) is 0. The fraction of sp³-hybridized carbons (Fsp3) is 0.706. The van der Waals surface area contributed by atoms with Gasteiger partial charge in [0.05, 0.1) is 0 Å². The molecule has 0 saturated heterocycles. The summed E-state index contributed by atoms with van der Waals surface area (Å²) in [5.41, 5.74) is 9.54. The third-order valence-electron chi connectivity index (χ3n) is 8.89. The van der Waals surface area contributed by atoms with E-state index in [1.807, 2.05) is 0 Å². The summed E-state index contributed by atoms with van der Waals surface area (Å²) < 4.78 is 0. The van der Waals surface area contributed by atoms with E-state index < -0.39 is 0 Å². The van der Waals surface area contributed by atoms with Crippen molar-refractivity contribution in [1.29, 1.82) is 0 Å². The first-order chi connectivity index (χ1) is 16.1. The van der Waals surface area contributed by atoms with E-state index in [0.29, 0.717) is 35.5 Å². The zero-order valence-corrected chi connectivity index (χ0v) is 30.2. The van der Waals surface area contributed by atoms with Crippen molar-refractivity contribution in [2.75, 3.05) is 0 Å². The minimum atomic E-state index is 0. The standard InChI is InChI=1S/2C17H29.2ClH.Zr/c2*1-7-12(4)15-10-16(13(5)8-2)17(11-15)14(6)9-3;;;/h2*10-14H,7-9H2,1-6H3;2*1H;/q2*-1;;;+4/p-2. The zero-order chi connectivity index (χ0) is 26.0. The van der Waals surface area contributed by atoms with Crippen LogP contribution in [-0.2, 0) is 26.2 Å². The molecule has 0 aliphatic carbocycles. The van der Waals surface area contributed by atoms with Gasteiger partial charge in [-0.2, -0.15) is 45.5 Å². The van der Waals surface area contributed by atoms with Crippen molar-refractivity contribution in [3.05, 3.63) is 57.6 Å². The van der Waals surface area contributed by atoms with Gasteiger partial charge in [0.2, 0.25) is 0 Å². The molecule has 212 valence electrons. The topological polar surface area (TPSA) is 0 Å². The molecule has 6 atom stereocenters. The van der Waals surface area contributed by atoms with Gasteiger partial charge in [0.25, 0.3) is 0 Å². The summed E-state index contributed by atoms with van der Waals surface area (Å²) >= 11 is 0. The van der Waals surface area contributed by atoms with Gasteiger partial charge < -0.3 is 24.8 Å². The van der Waals surface area contributed by atoms with E-state index in [0.717, 1.165) is 0 Å². The number of hydrogen-bond acceptors (Lipinski definition) is 0. The van der Waals surface area contributed by atoms with Gasteiger partial charge in [0, 0.05) is 0 Å². The van der Waals surface area contributed by atoms with Crippen molar-refractivity contribution >= 4 is 0 Å². The smallest absolute Gasteiger partial charge is 1.00 e. The second-order valence-electron chi connectivity index (χ2n) is 11.3. The molecule has 0 fully saturated rings. The fourth-order valence-corrected chi connectivity index (χ4v) is 4.76. The first-order valence-electron chi connectivity index (χ1n) is 14.7. The van der Waals surface area contributed by atoms with Crippen LogP contribution in [0.25, 0.3) is 0 Å². The van der Waals surface area contributed by atoms with Gasteiger partial charge in [-0.05, 0) is 11.8 Å². The molecule has 0 N–H and O–H groups in total. The van der Waals surface area contributed by atoms with Gasteiger partial charge >= 0.3 is 26.2 Å². The molecule has 2 rings (SSSR count). The molecule has 0 bridgehead atoms. The largest absolute Gasteiger partial charge is 4.00 e. The Kier molecular flexibility index (Phi) is 23.6. The van der Waals surface area contributed by atoms with Crippen LogP contribution in [0.1, 0.15) is 190 Å². The van der Waals surface area contributed by atoms with Crippen molar-refractivity contribution in [3.63, 3.8) is 0 Å². The van der Waals surface area contributed by atoms with Crippen molar-refractivity contribution in [1.82, 2.24) is 0 Å². The van der Waals surface area contributed by atoms with E-state index in [4.69, 9.17) is 0 Å². The molecule has 0 radical (unpaired) electrons. The summed E-state index contributed by atoms with van der Waals surface area (Å²) in [6, 6.07) is 9.90. The van der Waals surface area contributed by atoms with E-state index in [1.54, 1.807) is 33.4 Å². The number of hydrogen-bond donors (Lipinski definition) is 0. The minimum absolute atomic E-state index is 0. The van der Waals surface area contributed by atoms with Crippen LogP contribution in [-0.4, -0.2) is 0 Å². The first kappa shape index (κ1) is 41.6. The zero-order valence-electron chi connectivity index (χ0n) is 26.3. The predicted molar refractivity (Wildman–Crippen MR) is 156 cm³/mol. The quantitative estimate of drug-likeness (QED) is 0.257. The Balaban J connectivity index is -0.000000578. The summed E-state index contributed by atoms with van der Waals surface area (Å²) in [6.45, 7) is 27.9. The summed E-state index contributed by atoms with van der Waals surface area (Å²) in [7, 11) is 0. The summed E-state index contributed by atoms with van der Waals surface area (Å²) in [5, 5.41) is 0. The van der Waals surface area contributed by atoms with Crippen LogP contribution in [0.2, 0.25) is 0 Å². The van der Waals surface area contributed by atoms with Gasteiger partial charge in [0.15, 0.2) is 0 Å². The Morgan fingerprint density at radius 3 is 0.973 bits per heavy atom. The Labute approximate surface area is 264 Å². The van der Waals surface area contributed by atoms with Crippen LogP contribution in [0.3, 0.4) is 0 Å². The molecule has 2 aromatic rings. The molecule has 0 nitrogen and oxygen atoms in total. The van der Waals surface area contributed by atoms with E-state index in [1.165, 1.54) is 38.5 Å². The molecule has 0 saturated carbocycles. The Bertz CT molecular complexity index is 695. The second kappa shape index (κ2) is 21.0. The normalized spacial score (nSPS) is 15.5. The van der Waals surface area contributed by atoms with Crippen LogP contribution in [0.4, 0.5) is 0 Å². The minimum Gasteiger partial charge on any atom is -1.00 e. The maximum absolute atomic E-state index is 2.48. The van der Waals surface area contributed by atoms with Gasteiger partial charge in [-0.1, -0.05) is 145 Å². The van der Waals surface area contributed by atoms with Crippen LogP contribution < -0.4 is 24.8 Å². The van der Waals surface area contributed by atoms with E-state index in [2.05, 4.69) is 107 Å². The van der Waals surface area contributed by atoms with Crippen LogP contribution in [0, 0.1) is 0 Å². The molecule has 0 amide bonds. The monoisotopic (exact) mass is 626 g/mol. The second-order valence-corrected chi connectivity index (χ2v) is 11.3. The molecule has 0 aromatic heterocycles. The average Bonchev–Trinajstić information content (AvgIpc) is 3.51. The third kappa shape index (κ3) is 11.7. The Morgan fingerprint density at radius 1 is 0.486 bits per heavy atom. The van der Waals surface area contributed by atoms with Crippen LogP contribution >= 0.6 is 0 Å². The Morgan fingerprint density at radius 2 is 0.757 bits per heavy atom. The molecular formula is C34H58Cl2Zr. The van der Waals surface area contributed by atoms with Gasteiger partial charge in [-0.3, -0.25) is 0 Å². The number of halogens is 2. The molecule has 0 heterocycles. The van der Waals surface area contributed by atoms with Gasteiger partial charge in [0.1, 0.15) is 0 Å². The number of rotatable bonds is 12. The van der Waals surface area contributed by atoms with E-state index >= 15 is 0 Å². The summed E-state index contributed by atoms with van der Waals surface area (Å²) in [5.74, 6) is 4.23. The molecule has 0 spiro atoms. The van der Waals surface area contributed by atoms with Crippen molar-refractivity contribution in [2.45, 2.75) is 157 Å². The summed E-state index contributed by atoms with van der Waals surface area (Å²) in [6.07, 6.45) is 7.45. The van der Waals surface area contributed by atoms with Gasteiger partial charge in [-0.25, -0.2) is 12.1 Å². The maximum Gasteiger partial charge on any atom is 4.00 e. The SMILES string of the molecule is CCC(C)c1cc(C(C)CC)[c-](C(C)CC)c1.CCC(C)c1cc(C(C)CC)[c-](C(C)CC)c1.[Cl-].[Cl-].[Zr+4]. The molecule has 2 aromatic carbocycles. The van der Waals surface area contributed by atoms with E-state index in [-0.39, 0.29) is 51.0 Å². The molecule has 3 heteroatoms. The van der Waals surface area contributed by atoms with Crippen LogP contribution in [0.5, 0.6) is 0 Å². The molecule has 0 aliphatic rings. The predicted octanol–water partition coefficient (Wildman–Crippen LogP) is 5.90. The van der Waals surface area contributed by atoms with Crippen LogP contribution in [0.15, 0.2) is 24.3 Å². The van der Waals surface area contributed by atoms with Gasteiger partial charge in [-0.15, -0.1) is 0 Å².